The second kappa shape index (κ2) is 4.81. The van der Waals surface area contributed by atoms with Crippen molar-refractivity contribution in [1.82, 2.24) is 0 Å². The van der Waals surface area contributed by atoms with Crippen LogP contribution in [0.4, 0.5) is 5.00 Å². The molecular weight excluding hydrogens is 266 g/mol. The number of rotatable bonds is 3. The number of anilines is 1. The molecule has 1 aromatic rings. The van der Waals surface area contributed by atoms with E-state index in [1.54, 1.807) is 6.92 Å². The number of thiophene rings is 1. The van der Waals surface area contributed by atoms with Crippen molar-refractivity contribution in [2.75, 3.05) is 4.90 Å². The number of nitrogens with zero attached hydrogens (tertiary/aromatic N) is 1. The van der Waals surface area contributed by atoms with Crippen LogP contribution in [0.1, 0.15) is 20.8 Å². The first-order valence-corrected chi connectivity index (χ1v) is 6.27. The van der Waals surface area contributed by atoms with Gasteiger partial charge in [0.1, 0.15) is 5.00 Å². The molecule has 0 aromatic carbocycles. The first-order valence-electron chi connectivity index (χ1n) is 5.45. The molecule has 0 N–H and O–H groups in total. The van der Waals surface area contributed by atoms with Crippen molar-refractivity contribution in [1.29, 1.82) is 0 Å². The van der Waals surface area contributed by atoms with Crippen LogP contribution in [0, 0.1) is 13.8 Å². The Kier molecular flexibility index (Phi) is 3.35. The topological polar surface area (TPSA) is 63.7 Å². The van der Waals surface area contributed by atoms with Gasteiger partial charge >= 0.3 is 5.97 Å². The van der Waals surface area contributed by atoms with Gasteiger partial charge in [-0.15, -0.1) is 11.3 Å². The van der Waals surface area contributed by atoms with Crippen molar-refractivity contribution < 1.29 is 19.1 Å². The number of carbonyl (C=O) groups excluding carboxylic acids is 3. The zero-order valence-electron chi connectivity index (χ0n) is 10.4. The molecule has 5 nitrogen and oxygen atoms in total. The van der Waals surface area contributed by atoms with Crippen LogP contribution in [0.5, 0.6) is 0 Å². The standard InChI is InChI=1S/C13H11NO4S/c1-4-18-13(17)11-7(2)8(3)19-12(11)14-9(15)5-6-10(14)16/h4-6H,1H2,2-3H3. The number of amides is 2. The lowest BCUT2D eigenvalue weighted by Crippen LogP contribution is -2.30. The summed E-state index contributed by atoms with van der Waals surface area (Å²) in [5, 5.41) is 0.293. The van der Waals surface area contributed by atoms with E-state index in [0.717, 1.165) is 16.0 Å². The van der Waals surface area contributed by atoms with Gasteiger partial charge in [-0.1, -0.05) is 6.58 Å². The fraction of sp³-hybridized carbons (Fsp3) is 0.154. The molecule has 2 rings (SSSR count). The number of hydrogen-bond acceptors (Lipinski definition) is 5. The van der Waals surface area contributed by atoms with Gasteiger partial charge in [0, 0.05) is 17.0 Å². The summed E-state index contributed by atoms with van der Waals surface area (Å²) in [6.07, 6.45) is 3.37. The highest BCUT2D eigenvalue weighted by molar-refractivity contribution is 7.17. The molecule has 1 aromatic heterocycles. The molecule has 19 heavy (non-hydrogen) atoms. The Morgan fingerprint density at radius 3 is 2.42 bits per heavy atom. The fourth-order valence-corrected chi connectivity index (χ4v) is 2.90. The molecule has 98 valence electrons. The summed E-state index contributed by atoms with van der Waals surface area (Å²) >= 11 is 1.21. The van der Waals surface area contributed by atoms with E-state index < -0.39 is 17.8 Å². The Morgan fingerprint density at radius 1 is 1.32 bits per heavy atom. The molecule has 0 atom stereocenters. The van der Waals surface area contributed by atoms with Crippen LogP contribution in [0.2, 0.25) is 0 Å². The quantitative estimate of drug-likeness (QED) is 0.482. The van der Waals surface area contributed by atoms with Gasteiger partial charge in [0.05, 0.1) is 11.8 Å². The van der Waals surface area contributed by atoms with Gasteiger partial charge < -0.3 is 4.74 Å². The maximum Gasteiger partial charge on any atom is 0.346 e. The van der Waals surface area contributed by atoms with Gasteiger partial charge in [-0.3, -0.25) is 9.59 Å². The normalized spacial score (nSPS) is 14.1. The average molecular weight is 277 g/mol. The summed E-state index contributed by atoms with van der Waals surface area (Å²) in [6.45, 7) is 6.88. The summed E-state index contributed by atoms with van der Waals surface area (Å²) in [6, 6.07) is 0. The largest absolute Gasteiger partial charge is 0.431 e. The van der Waals surface area contributed by atoms with E-state index in [9.17, 15) is 14.4 Å². The van der Waals surface area contributed by atoms with Crippen LogP contribution in [-0.4, -0.2) is 17.8 Å². The van der Waals surface area contributed by atoms with Crippen LogP contribution in [0.15, 0.2) is 25.0 Å². The van der Waals surface area contributed by atoms with Crippen molar-refractivity contribution in [3.8, 4) is 0 Å². The summed E-state index contributed by atoms with van der Waals surface area (Å²) in [5.74, 6) is -1.54. The van der Waals surface area contributed by atoms with E-state index in [-0.39, 0.29) is 5.56 Å². The molecule has 0 fully saturated rings. The van der Waals surface area contributed by atoms with Crippen molar-refractivity contribution in [2.24, 2.45) is 0 Å². The van der Waals surface area contributed by atoms with Gasteiger partial charge in [-0.05, 0) is 19.4 Å². The average Bonchev–Trinajstić information content (AvgIpc) is 2.81. The molecule has 0 saturated heterocycles. The second-order valence-electron chi connectivity index (χ2n) is 3.88. The molecule has 0 unspecified atom stereocenters. The number of aryl methyl sites for hydroxylation is 1. The Bertz CT molecular complexity index is 609. The first kappa shape index (κ1) is 13.2. The highest BCUT2D eigenvalue weighted by Crippen LogP contribution is 2.37. The monoisotopic (exact) mass is 277 g/mol. The second-order valence-corrected chi connectivity index (χ2v) is 5.08. The number of imide groups is 1. The number of hydrogen-bond donors (Lipinski definition) is 0. The molecular formula is C13H11NO4S. The van der Waals surface area contributed by atoms with E-state index >= 15 is 0 Å². The first-order chi connectivity index (χ1) is 8.97. The highest BCUT2D eigenvalue weighted by Gasteiger charge is 2.32. The van der Waals surface area contributed by atoms with E-state index in [0.29, 0.717) is 10.6 Å². The molecule has 2 amide bonds. The van der Waals surface area contributed by atoms with Gasteiger partial charge in [-0.2, -0.15) is 0 Å². The zero-order valence-corrected chi connectivity index (χ0v) is 11.2. The summed E-state index contributed by atoms with van der Waals surface area (Å²) in [4.78, 5) is 37.1. The van der Waals surface area contributed by atoms with E-state index in [2.05, 4.69) is 6.58 Å². The minimum atomic E-state index is -0.626. The fourth-order valence-electron chi connectivity index (χ4n) is 1.74. The minimum absolute atomic E-state index is 0.229. The Balaban J connectivity index is 2.55. The molecule has 0 spiro atoms. The van der Waals surface area contributed by atoms with Crippen LogP contribution in [-0.2, 0) is 14.3 Å². The molecule has 0 aliphatic carbocycles. The van der Waals surface area contributed by atoms with Gasteiger partial charge in [0.25, 0.3) is 11.8 Å². The molecule has 2 heterocycles. The van der Waals surface area contributed by atoms with Crippen molar-refractivity contribution in [2.45, 2.75) is 13.8 Å². The minimum Gasteiger partial charge on any atom is -0.431 e. The summed E-state index contributed by atoms with van der Waals surface area (Å²) in [5.41, 5.74) is 0.923. The predicted octanol–water partition coefficient (Wildman–Crippen LogP) is 2.09. The van der Waals surface area contributed by atoms with Gasteiger partial charge in [-0.25, -0.2) is 9.69 Å². The molecule has 0 radical (unpaired) electrons. The summed E-state index contributed by atoms with van der Waals surface area (Å²) in [7, 11) is 0. The lowest BCUT2D eigenvalue weighted by atomic mass is 10.1. The predicted molar refractivity (Wildman–Crippen MR) is 71.0 cm³/mol. The van der Waals surface area contributed by atoms with Crippen LogP contribution < -0.4 is 4.90 Å². The van der Waals surface area contributed by atoms with Crippen molar-refractivity contribution in [3.05, 3.63) is 41.0 Å². The zero-order chi connectivity index (χ0) is 14.2. The molecule has 6 heteroatoms. The highest BCUT2D eigenvalue weighted by atomic mass is 32.1. The molecule has 1 aliphatic rings. The van der Waals surface area contributed by atoms with Crippen LogP contribution in [0.25, 0.3) is 0 Å². The molecule has 0 bridgehead atoms. The molecule has 1 aliphatic heterocycles. The van der Waals surface area contributed by atoms with E-state index in [4.69, 9.17) is 4.74 Å². The van der Waals surface area contributed by atoms with E-state index in [1.807, 2.05) is 6.92 Å². The maximum atomic E-state index is 11.9. The summed E-state index contributed by atoms with van der Waals surface area (Å²) < 4.78 is 4.75. The maximum absolute atomic E-state index is 11.9. The third kappa shape index (κ3) is 2.10. The third-order valence-corrected chi connectivity index (χ3v) is 3.97. The van der Waals surface area contributed by atoms with Crippen molar-refractivity contribution >= 4 is 34.1 Å². The Hall–Kier alpha value is -2.21. The van der Waals surface area contributed by atoms with Crippen LogP contribution >= 0.6 is 11.3 Å². The lowest BCUT2D eigenvalue weighted by Gasteiger charge is -2.13. The number of esters is 1. The SMILES string of the molecule is C=COC(=O)c1c(N2C(=O)C=CC2=O)sc(C)c1C. The number of ether oxygens (including phenoxy) is 1. The molecule has 0 saturated carbocycles. The Morgan fingerprint density at radius 2 is 1.89 bits per heavy atom. The van der Waals surface area contributed by atoms with Crippen LogP contribution in [0.3, 0.4) is 0 Å². The van der Waals surface area contributed by atoms with Gasteiger partial charge in [0.15, 0.2) is 0 Å². The number of carbonyl (C=O) groups is 3. The Labute approximate surface area is 113 Å². The lowest BCUT2D eigenvalue weighted by molar-refractivity contribution is -0.119. The van der Waals surface area contributed by atoms with E-state index in [1.165, 1.54) is 23.5 Å². The van der Waals surface area contributed by atoms with Crippen molar-refractivity contribution in [3.63, 3.8) is 0 Å². The van der Waals surface area contributed by atoms with Gasteiger partial charge in [0.2, 0.25) is 0 Å². The smallest absolute Gasteiger partial charge is 0.346 e. The third-order valence-electron chi connectivity index (χ3n) is 2.77.